The molecule has 0 spiro atoms. The number of ether oxygens (including phenoxy) is 2. The van der Waals surface area contributed by atoms with Gasteiger partial charge in [0.15, 0.2) is 6.10 Å². The number of hydrogen-bond acceptors (Lipinski definition) is 5. The number of carbonyl (C=O) groups excluding carboxylic acids is 3. The fourth-order valence-electron chi connectivity index (χ4n) is 2.92. The Balaban J connectivity index is 1.74. The molecule has 30 heavy (non-hydrogen) atoms. The molecule has 0 aliphatic rings. The van der Waals surface area contributed by atoms with E-state index >= 15 is 0 Å². The van der Waals surface area contributed by atoms with Gasteiger partial charge in [0.25, 0.3) is 5.91 Å². The van der Waals surface area contributed by atoms with Gasteiger partial charge < -0.3 is 14.8 Å². The first-order valence-corrected chi connectivity index (χ1v) is 9.35. The summed E-state index contributed by atoms with van der Waals surface area (Å²) >= 11 is 0. The molecule has 6 nitrogen and oxygen atoms in total. The summed E-state index contributed by atoms with van der Waals surface area (Å²) in [6.07, 6.45) is -1.08. The lowest BCUT2D eigenvalue weighted by Crippen LogP contribution is -2.30. The van der Waals surface area contributed by atoms with Crippen LogP contribution < -0.4 is 5.32 Å². The van der Waals surface area contributed by atoms with Crippen LogP contribution in [0.3, 0.4) is 0 Å². The molecule has 0 aliphatic carbocycles. The van der Waals surface area contributed by atoms with Gasteiger partial charge in [-0.25, -0.2) is 9.59 Å². The SMILES string of the molecule is COC(=O)c1ccccc1C(=O)OC(C)C(=O)Nc1ccccc1-c1ccccc1. The molecule has 0 fully saturated rings. The topological polar surface area (TPSA) is 81.7 Å². The molecule has 0 saturated heterocycles. The summed E-state index contributed by atoms with van der Waals surface area (Å²) in [5.74, 6) is -1.92. The minimum absolute atomic E-state index is 0.0358. The maximum atomic E-state index is 12.7. The second-order valence-corrected chi connectivity index (χ2v) is 6.49. The summed E-state index contributed by atoms with van der Waals surface area (Å²) in [6.45, 7) is 1.47. The molecule has 6 heteroatoms. The maximum absolute atomic E-state index is 12.7. The van der Waals surface area contributed by atoms with Crippen molar-refractivity contribution in [2.75, 3.05) is 12.4 Å². The van der Waals surface area contributed by atoms with Gasteiger partial charge in [0, 0.05) is 11.3 Å². The Kier molecular flexibility index (Phi) is 6.60. The molecule has 1 atom stereocenters. The van der Waals surface area contributed by atoms with Crippen molar-refractivity contribution in [3.8, 4) is 11.1 Å². The van der Waals surface area contributed by atoms with Crippen LogP contribution in [0.25, 0.3) is 11.1 Å². The van der Waals surface area contributed by atoms with E-state index in [1.807, 2.05) is 48.5 Å². The van der Waals surface area contributed by atoms with Crippen molar-refractivity contribution < 1.29 is 23.9 Å². The molecule has 1 unspecified atom stereocenters. The van der Waals surface area contributed by atoms with Gasteiger partial charge in [0.1, 0.15) is 0 Å². The molecule has 152 valence electrons. The molecular weight excluding hydrogens is 382 g/mol. The normalized spacial score (nSPS) is 11.3. The number of benzene rings is 3. The Labute approximate surface area is 174 Å². The monoisotopic (exact) mass is 403 g/mol. The zero-order valence-corrected chi connectivity index (χ0v) is 16.6. The van der Waals surface area contributed by atoms with E-state index in [1.54, 1.807) is 18.2 Å². The summed E-state index contributed by atoms with van der Waals surface area (Å²) < 4.78 is 9.98. The van der Waals surface area contributed by atoms with Gasteiger partial charge in [0.2, 0.25) is 0 Å². The molecule has 0 heterocycles. The molecule has 0 bridgehead atoms. The molecule has 1 amide bonds. The highest BCUT2D eigenvalue weighted by Gasteiger charge is 2.23. The Bertz CT molecular complexity index is 1060. The number of anilines is 1. The molecule has 0 aromatic heterocycles. The fourth-order valence-corrected chi connectivity index (χ4v) is 2.92. The molecule has 0 radical (unpaired) electrons. The van der Waals surface area contributed by atoms with E-state index in [0.29, 0.717) is 5.69 Å². The molecule has 3 aromatic carbocycles. The minimum atomic E-state index is -1.08. The molecule has 1 N–H and O–H groups in total. The predicted molar refractivity (Wildman–Crippen MR) is 113 cm³/mol. The summed E-state index contributed by atoms with van der Waals surface area (Å²) in [4.78, 5) is 37.1. The highest BCUT2D eigenvalue weighted by atomic mass is 16.5. The summed E-state index contributed by atoms with van der Waals surface area (Å²) in [5.41, 5.74) is 2.51. The van der Waals surface area contributed by atoms with Gasteiger partial charge in [-0.2, -0.15) is 0 Å². The standard InChI is InChI=1S/C24H21NO5/c1-16(30-24(28)20-14-7-6-13-19(20)23(27)29-2)22(26)25-21-15-9-8-12-18(21)17-10-4-3-5-11-17/h3-16H,1-2H3,(H,25,26). The van der Waals surface area contributed by atoms with Crippen LogP contribution in [-0.2, 0) is 14.3 Å². The van der Waals surface area contributed by atoms with Crippen molar-refractivity contribution in [1.82, 2.24) is 0 Å². The van der Waals surface area contributed by atoms with E-state index in [2.05, 4.69) is 10.1 Å². The Hall–Kier alpha value is -3.93. The van der Waals surface area contributed by atoms with Gasteiger partial charge in [-0.15, -0.1) is 0 Å². The minimum Gasteiger partial charge on any atom is -0.465 e. The van der Waals surface area contributed by atoms with Crippen molar-refractivity contribution in [3.05, 3.63) is 90.0 Å². The average Bonchev–Trinajstić information content (AvgIpc) is 2.79. The van der Waals surface area contributed by atoms with Crippen LogP contribution in [0.5, 0.6) is 0 Å². The third-order valence-electron chi connectivity index (χ3n) is 4.48. The third kappa shape index (κ3) is 4.72. The first kappa shape index (κ1) is 20.8. The lowest BCUT2D eigenvalue weighted by atomic mass is 10.0. The number of nitrogens with one attached hydrogen (secondary N) is 1. The van der Waals surface area contributed by atoms with E-state index in [-0.39, 0.29) is 11.1 Å². The number of hydrogen-bond donors (Lipinski definition) is 1. The van der Waals surface area contributed by atoms with E-state index in [1.165, 1.54) is 26.2 Å². The quantitative estimate of drug-likeness (QED) is 0.620. The van der Waals surface area contributed by atoms with Gasteiger partial charge in [0.05, 0.1) is 18.2 Å². The molecule has 3 rings (SSSR count). The van der Waals surface area contributed by atoms with Gasteiger partial charge in [-0.3, -0.25) is 4.79 Å². The highest BCUT2D eigenvalue weighted by molar-refractivity contribution is 6.04. The zero-order chi connectivity index (χ0) is 21.5. The number of esters is 2. The summed E-state index contributed by atoms with van der Waals surface area (Å²) in [7, 11) is 1.23. The lowest BCUT2D eigenvalue weighted by molar-refractivity contribution is -0.123. The lowest BCUT2D eigenvalue weighted by Gasteiger charge is -2.16. The molecule has 0 aliphatic heterocycles. The van der Waals surface area contributed by atoms with Gasteiger partial charge in [-0.1, -0.05) is 60.7 Å². The summed E-state index contributed by atoms with van der Waals surface area (Å²) in [6, 6.07) is 23.1. The summed E-state index contributed by atoms with van der Waals surface area (Å²) in [5, 5.41) is 2.81. The Morgan fingerprint density at radius 1 is 0.767 bits per heavy atom. The predicted octanol–water partition coefficient (Wildman–Crippen LogP) is 4.32. The second-order valence-electron chi connectivity index (χ2n) is 6.49. The smallest absolute Gasteiger partial charge is 0.339 e. The van der Waals surface area contributed by atoms with Crippen LogP contribution >= 0.6 is 0 Å². The van der Waals surface area contributed by atoms with E-state index in [9.17, 15) is 14.4 Å². The largest absolute Gasteiger partial charge is 0.465 e. The average molecular weight is 403 g/mol. The third-order valence-corrected chi connectivity index (χ3v) is 4.48. The molecule has 3 aromatic rings. The number of methoxy groups -OCH3 is 1. The first-order chi connectivity index (χ1) is 14.5. The number of amides is 1. The highest BCUT2D eigenvalue weighted by Crippen LogP contribution is 2.27. The fraction of sp³-hybridized carbons (Fsp3) is 0.125. The van der Waals surface area contributed by atoms with Crippen molar-refractivity contribution >= 4 is 23.5 Å². The second kappa shape index (κ2) is 9.52. The van der Waals surface area contributed by atoms with Crippen LogP contribution in [-0.4, -0.2) is 31.1 Å². The van der Waals surface area contributed by atoms with E-state index in [0.717, 1.165) is 11.1 Å². The Morgan fingerprint density at radius 2 is 1.33 bits per heavy atom. The van der Waals surface area contributed by atoms with Crippen molar-refractivity contribution in [2.45, 2.75) is 13.0 Å². The maximum Gasteiger partial charge on any atom is 0.339 e. The van der Waals surface area contributed by atoms with Crippen LogP contribution in [0, 0.1) is 0 Å². The van der Waals surface area contributed by atoms with Crippen LogP contribution in [0.2, 0.25) is 0 Å². The van der Waals surface area contributed by atoms with Crippen LogP contribution in [0.4, 0.5) is 5.69 Å². The van der Waals surface area contributed by atoms with Crippen molar-refractivity contribution in [2.24, 2.45) is 0 Å². The van der Waals surface area contributed by atoms with Crippen molar-refractivity contribution in [1.29, 1.82) is 0 Å². The zero-order valence-electron chi connectivity index (χ0n) is 16.6. The van der Waals surface area contributed by atoms with Crippen LogP contribution in [0.1, 0.15) is 27.6 Å². The van der Waals surface area contributed by atoms with E-state index < -0.39 is 23.9 Å². The van der Waals surface area contributed by atoms with Crippen LogP contribution in [0.15, 0.2) is 78.9 Å². The number of para-hydroxylation sites is 1. The van der Waals surface area contributed by atoms with E-state index in [4.69, 9.17) is 4.74 Å². The number of carbonyl (C=O) groups is 3. The first-order valence-electron chi connectivity index (χ1n) is 9.35. The van der Waals surface area contributed by atoms with Gasteiger partial charge >= 0.3 is 11.9 Å². The molecular formula is C24H21NO5. The Morgan fingerprint density at radius 3 is 2.00 bits per heavy atom. The van der Waals surface area contributed by atoms with Crippen molar-refractivity contribution in [3.63, 3.8) is 0 Å². The number of rotatable bonds is 6. The van der Waals surface area contributed by atoms with Gasteiger partial charge in [-0.05, 0) is 30.7 Å². The molecule has 0 saturated carbocycles.